The molecular formula is C16H28N2O. The number of nitrogens with one attached hydrogen (secondary N) is 2. The number of amides is 1. The molecule has 0 spiro atoms. The maximum absolute atomic E-state index is 11.9. The van der Waals surface area contributed by atoms with E-state index in [0.717, 1.165) is 24.8 Å². The minimum atomic E-state index is 0.289. The fourth-order valence-electron chi connectivity index (χ4n) is 4.05. The van der Waals surface area contributed by atoms with Crippen LogP contribution in [-0.4, -0.2) is 24.5 Å². The van der Waals surface area contributed by atoms with Crippen molar-refractivity contribution in [3.05, 3.63) is 0 Å². The molecule has 2 N–H and O–H groups in total. The molecular weight excluding hydrogens is 236 g/mol. The number of rotatable bonds is 5. The van der Waals surface area contributed by atoms with E-state index >= 15 is 0 Å². The lowest BCUT2D eigenvalue weighted by Crippen LogP contribution is -2.30. The average Bonchev–Trinajstić information content (AvgIpc) is 3.00. The summed E-state index contributed by atoms with van der Waals surface area (Å²) in [5.41, 5.74) is 0. The SMILES string of the molecule is O=C(CC[C@@H]1CCCN1)N[C@@H]1C[C@H]1C1CCCCC1. The second-order valence-corrected chi connectivity index (χ2v) is 6.80. The topological polar surface area (TPSA) is 41.1 Å². The first-order valence-corrected chi connectivity index (χ1v) is 8.35. The first kappa shape index (κ1) is 13.4. The van der Waals surface area contributed by atoms with Crippen molar-refractivity contribution in [2.45, 2.75) is 76.3 Å². The van der Waals surface area contributed by atoms with E-state index in [2.05, 4.69) is 10.6 Å². The Morgan fingerprint density at radius 2 is 1.95 bits per heavy atom. The van der Waals surface area contributed by atoms with Gasteiger partial charge in [-0.25, -0.2) is 0 Å². The van der Waals surface area contributed by atoms with Gasteiger partial charge in [0.05, 0.1) is 0 Å². The molecule has 1 aliphatic heterocycles. The van der Waals surface area contributed by atoms with Gasteiger partial charge in [0.2, 0.25) is 5.91 Å². The van der Waals surface area contributed by atoms with Crippen LogP contribution in [0.2, 0.25) is 0 Å². The smallest absolute Gasteiger partial charge is 0.220 e. The Hall–Kier alpha value is -0.570. The zero-order valence-electron chi connectivity index (χ0n) is 12.0. The van der Waals surface area contributed by atoms with Crippen LogP contribution >= 0.6 is 0 Å². The van der Waals surface area contributed by atoms with Gasteiger partial charge in [-0.1, -0.05) is 32.1 Å². The van der Waals surface area contributed by atoms with E-state index in [4.69, 9.17) is 0 Å². The van der Waals surface area contributed by atoms with Gasteiger partial charge in [0.1, 0.15) is 0 Å². The molecule has 108 valence electrons. The third-order valence-electron chi connectivity index (χ3n) is 5.32. The van der Waals surface area contributed by atoms with Gasteiger partial charge >= 0.3 is 0 Å². The normalized spacial score (nSPS) is 35.3. The standard InChI is InChI=1S/C16H28N2O/c19-16(9-8-13-7-4-10-17-13)18-15-11-14(15)12-5-2-1-3-6-12/h12-15,17H,1-11H2,(H,18,19)/t13-,14-,15+/m0/s1. The van der Waals surface area contributed by atoms with Crippen molar-refractivity contribution in [2.75, 3.05) is 6.54 Å². The molecule has 19 heavy (non-hydrogen) atoms. The van der Waals surface area contributed by atoms with Crippen molar-refractivity contribution in [2.24, 2.45) is 11.8 Å². The summed E-state index contributed by atoms with van der Waals surface area (Å²) < 4.78 is 0. The second-order valence-electron chi connectivity index (χ2n) is 6.80. The third kappa shape index (κ3) is 3.71. The highest BCUT2D eigenvalue weighted by Gasteiger charge is 2.43. The first-order valence-electron chi connectivity index (χ1n) is 8.35. The largest absolute Gasteiger partial charge is 0.353 e. The van der Waals surface area contributed by atoms with E-state index in [1.54, 1.807) is 0 Å². The molecule has 0 aromatic carbocycles. The molecule has 0 radical (unpaired) electrons. The molecule has 0 aromatic rings. The lowest BCUT2D eigenvalue weighted by atomic mass is 9.85. The van der Waals surface area contributed by atoms with Crippen LogP contribution in [0, 0.1) is 11.8 Å². The van der Waals surface area contributed by atoms with E-state index < -0.39 is 0 Å². The van der Waals surface area contributed by atoms with Crippen LogP contribution < -0.4 is 10.6 Å². The maximum atomic E-state index is 11.9. The number of carbonyl (C=O) groups excluding carboxylic acids is 1. The van der Waals surface area contributed by atoms with Crippen LogP contribution in [0.3, 0.4) is 0 Å². The van der Waals surface area contributed by atoms with Gasteiger partial charge in [-0.3, -0.25) is 4.79 Å². The predicted octanol–water partition coefficient (Wildman–Crippen LogP) is 2.60. The van der Waals surface area contributed by atoms with Crippen LogP contribution in [0.15, 0.2) is 0 Å². The van der Waals surface area contributed by atoms with Crippen LogP contribution in [-0.2, 0) is 4.79 Å². The number of hydrogen-bond acceptors (Lipinski definition) is 2. The molecule has 3 nitrogen and oxygen atoms in total. The summed E-state index contributed by atoms with van der Waals surface area (Å²) >= 11 is 0. The Morgan fingerprint density at radius 3 is 2.68 bits per heavy atom. The first-order chi connectivity index (χ1) is 9.33. The molecule has 1 saturated heterocycles. The minimum Gasteiger partial charge on any atom is -0.353 e. The van der Waals surface area contributed by atoms with Gasteiger partial charge in [0, 0.05) is 18.5 Å². The molecule has 3 heteroatoms. The second kappa shape index (κ2) is 6.25. The Balaban J connectivity index is 1.32. The molecule has 0 aromatic heterocycles. The molecule has 3 fully saturated rings. The van der Waals surface area contributed by atoms with Crippen molar-refractivity contribution in [1.29, 1.82) is 0 Å². The molecule has 1 heterocycles. The molecule has 3 aliphatic rings. The van der Waals surface area contributed by atoms with Gasteiger partial charge < -0.3 is 10.6 Å². The summed E-state index contributed by atoms with van der Waals surface area (Å²) in [6, 6.07) is 1.12. The molecule has 0 bridgehead atoms. The molecule has 2 saturated carbocycles. The molecule has 3 rings (SSSR count). The average molecular weight is 264 g/mol. The Morgan fingerprint density at radius 1 is 1.11 bits per heavy atom. The monoisotopic (exact) mass is 264 g/mol. The van der Waals surface area contributed by atoms with Gasteiger partial charge in [0.15, 0.2) is 0 Å². The van der Waals surface area contributed by atoms with Crippen molar-refractivity contribution >= 4 is 5.91 Å². The van der Waals surface area contributed by atoms with E-state index in [-0.39, 0.29) is 5.91 Å². The van der Waals surface area contributed by atoms with E-state index in [9.17, 15) is 4.79 Å². The van der Waals surface area contributed by atoms with Gasteiger partial charge in [-0.2, -0.15) is 0 Å². The zero-order valence-corrected chi connectivity index (χ0v) is 12.0. The summed E-state index contributed by atoms with van der Waals surface area (Å²) in [5, 5.41) is 6.72. The van der Waals surface area contributed by atoms with Crippen LogP contribution in [0.5, 0.6) is 0 Å². The highest BCUT2D eigenvalue weighted by molar-refractivity contribution is 5.76. The number of hydrogen-bond donors (Lipinski definition) is 2. The third-order valence-corrected chi connectivity index (χ3v) is 5.32. The van der Waals surface area contributed by atoms with Crippen LogP contribution in [0.4, 0.5) is 0 Å². The van der Waals surface area contributed by atoms with Crippen LogP contribution in [0.1, 0.15) is 64.2 Å². The van der Waals surface area contributed by atoms with Crippen LogP contribution in [0.25, 0.3) is 0 Å². The van der Waals surface area contributed by atoms with Gasteiger partial charge in [-0.15, -0.1) is 0 Å². The Kier molecular flexibility index (Phi) is 4.42. The fraction of sp³-hybridized carbons (Fsp3) is 0.938. The maximum Gasteiger partial charge on any atom is 0.220 e. The fourth-order valence-corrected chi connectivity index (χ4v) is 4.05. The Labute approximate surface area is 116 Å². The minimum absolute atomic E-state index is 0.289. The summed E-state index contributed by atoms with van der Waals surface area (Å²) in [6.45, 7) is 1.14. The molecule has 1 amide bonds. The summed E-state index contributed by atoms with van der Waals surface area (Å²) in [5.74, 6) is 2.02. The summed E-state index contributed by atoms with van der Waals surface area (Å²) in [4.78, 5) is 11.9. The Bertz CT molecular complexity index is 306. The number of carbonyl (C=O) groups is 1. The van der Waals surface area contributed by atoms with Crippen molar-refractivity contribution in [3.8, 4) is 0 Å². The quantitative estimate of drug-likeness (QED) is 0.801. The van der Waals surface area contributed by atoms with E-state index in [1.165, 1.54) is 51.4 Å². The zero-order chi connectivity index (χ0) is 13.1. The van der Waals surface area contributed by atoms with Crippen molar-refractivity contribution in [1.82, 2.24) is 10.6 Å². The summed E-state index contributed by atoms with van der Waals surface area (Å²) in [6.07, 6.45) is 12.6. The van der Waals surface area contributed by atoms with Gasteiger partial charge in [0.25, 0.3) is 0 Å². The molecule has 0 unspecified atom stereocenters. The highest BCUT2D eigenvalue weighted by Crippen LogP contribution is 2.44. The lowest BCUT2D eigenvalue weighted by Gasteiger charge is -2.21. The predicted molar refractivity (Wildman–Crippen MR) is 76.9 cm³/mol. The van der Waals surface area contributed by atoms with Gasteiger partial charge in [-0.05, 0) is 44.1 Å². The van der Waals surface area contributed by atoms with E-state index in [0.29, 0.717) is 18.5 Å². The van der Waals surface area contributed by atoms with Crippen molar-refractivity contribution < 1.29 is 4.79 Å². The summed E-state index contributed by atoms with van der Waals surface area (Å²) in [7, 11) is 0. The van der Waals surface area contributed by atoms with Crippen molar-refractivity contribution in [3.63, 3.8) is 0 Å². The molecule has 3 atom stereocenters. The molecule has 2 aliphatic carbocycles. The highest BCUT2D eigenvalue weighted by atomic mass is 16.1. The lowest BCUT2D eigenvalue weighted by molar-refractivity contribution is -0.121. The van der Waals surface area contributed by atoms with E-state index in [1.807, 2.05) is 0 Å².